The first kappa shape index (κ1) is 6.49. The highest BCUT2D eigenvalue weighted by Gasteiger charge is 1.91. The maximum Gasteiger partial charge on any atom is 0.250 e. The molecular weight excluding hydrogens is 130 g/mol. The van der Waals surface area contributed by atoms with Crippen molar-refractivity contribution in [3.05, 3.63) is 28.4 Å². The summed E-state index contributed by atoms with van der Waals surface area (Å²) in [5, 5.41) is 8.21. The molecule has 0 saturated heterocycles. The Kier molecular flexibility index (Phi) is 1.80. The number of hydrogen-bond donors (Lipinski definition) is 1. The van der Waals surface area contributed by atoms with Crippen molar-refractivity contribution in [3.63, 3.8) is 0 Å². The second-order valence-electron chi connectivity index (χ2n) is 1.74. The van der Waals surface area contributed by atoms with Gasteiger partial charge in [0.25, 0.3) is 5.56 Å². The molecule has 1 heterocycles. The van der Waals surface area contributed by atoms with Crippen LogP contribution in [0.15, 0.2) is 17.2 Å². The molecule has 1 rings (SSSR count). The normalized spacial score (nSPS) is 8.70. The molecule has 10 heavy (non-hydrogen) atoms. The number of H-pyrrole nitrogens is 1. The lowest BCUT2D eigenvalue weighted by atomic mass is 10.3. The van der Waals surface area contributed by atoms with Gasteiger partial charge in [0.1, 0.15) is 0 Å². The van der Waals surface area contributed by atoms with Crippen LogP contribution in [0.25, 0.3) is 0 Å². The Morgan fingerprint density at radius 2 is 2.60 bits per heavy atom. The molecule has 4 heteroatoms. The van der Waals surface area contributed by atoms with E-state index >= 15 is 0 Å². The van der Waals surface area contributed by atoms with E-state index in [4.69, 9.17) is 5.26 Å². The van der Waals surface area contributed by atoms with E-state index in [0.29, 0.717) is 5.69 Å². The lowest BCUT2D eigenvalue weighted by Gasteiger charge is -1.87. The van der Waals surface area contributed by atoms with Crippen molar-refractivity contribution >= 4 is 0 Å². The maximum absolute atomic E-state index is 10.6. The van der Waals surface area contributed by atoms with Gasteiger partial charge in [-0.2, -0.15) is 5.26 Å². The molecule has 0 radical (unpaired) electrons. The summed E-state index contributed by atoms with van der Waals surface area (Å²) in [6, 6.07) is 3.20. The Bertz CT molecular complexity index is 309. The van der Waals surface area contributed by atoms with Gasteiger partial charge in [-0.05, 0) is 0 Å². The predicted octanol–water partition coefficient (Wildman–Crippen LogP) is -0.164. The third-order valence-electron chi connectivity index (χ3n) is 0.995. The summed E-state index contributed by atoms with van der Waals surface area (Å²) >= 11 is 0. The van der Waals surface area contributed by atoms with Crippen molar-refractivity contribution < 1.29 is 0 Å². The quantitative estimate of drug-likeness (QED) is 0.581. The van der Waals surface area contributed by atoms with Gasteiger partial charge in [0, 0.05) is 6.07 Å². The molecule has 0 atom stereocenters. The van der Waals surface area contributed by atoms with Gasteiger partial charge in [-0.15, -0.1) is 0 Å². The van der Waals surface area contributed by atoms with Crippen LogP contribution < -0.4 is 5.56 Å². The van der Waals surface area contributed by atoms with Crippen LogP contribution in [0.2, 0.25) is 0 Å². The van der Waals surface area contributed by atoms with E-state index in [9.17, 15) is 4.79 Å². The van der Waals surface area contributed by atoms with Crippen LogP contribution in [-0.2, 0) is 6.42 Å². The maximum atomic E-state index is 10.6. The zero-order chi connectivity index (χ0) is 7.40. The highest BCUT2D eigenvalue weighted by atomic mass is 16.1. The fraction of sp³-hybridized carbons (Fsp3) is 0.167. The summed E-state index contributed by atoms with van der Waals surface area (Å²) in [5.74, 6) is 0. The molecule has 0 aliphatic rings. The second-order valence-corrected chi connectivity index (χ2v) is 1.74. The molecule has 1 N–H and O–H groups in total. The lowest BCUT2D eigenvalue weighted by molar-refractivity contribution is 1.03. The first-order valence-electron chi connectivity index (χ1n) is 2.73. The number of aromatic nitrogens is 2. The van der Waals surface area contributed by atoms with Crippen molar-refractivity contribution in [2.24, 2.45) is 0 Å². The van der Waals surface area contributed by atoms with E-state index in [0.717, 1.165) is 0 Å². The summed E-state index contributed by atoms with van der Waals surface area (Å²) in [5.41, 5.74) is 0.284. The van der Waals surface area contributed by atoms with Crippen molar-refractivity contribution in [2.75, 3.05) is 0 Å². The van der Waals surface area contributed by atoms with Crippen LogP contribution in [-0.4, -0.2) is 9.97 Å². The van der Waals surface area contributed by atoms with Gasteiger partial charge < -0.3 is 4.98 Å². The zero-order valence-corrected chi connectivity index (χ0v) is 5.16. The monoisotopic (exact) mass is 135 g/mol. The Morgan fingerprint density at radius 1 is 1.80 bits per heavy atom. The molecule has 0 aliphatic heterocycles. The Balaban J connectivity index is 2.98. The number of rotatable bonds is 1. The summed E-state index contributed by atoms with van der Waals surface area (Å²) in [4.78, 5) is 16.7. The van der Waals surface area contributed by atoms with Crippen LogP contribution in [0.1, 0.15) is 5.69 Å². The minimum Gasteiger partial charge on any atom is -0.313 e. The molecule has 0 amide bonds. The number of nitrogens with zero attached hydrogens (tertiary/aromatic N) is 2. The van der Waals surface area contributed by atoms with E-state index in [-0.39, 0.29) is 12.0 Å². The SMILES string of the molecule is N#CCc1cc(=O)[nH]cn1. The van der Waals surface area contributed by atoms with Crippen molar-refractivity contribution in [2.45, 2.75) is 6.42 Å². The van der Waals surface area contributed by atoms with Crippen LogP contribution in [0.3, 0.4) is 0 Å². The molecule has 4 nitrogen and oxygen atoms in total. The lowest BCUT2D eigenvalue weighted by Crippen LogP contribution is -2.05. The average molecular weight is 135 g/mol. The fourth-order valence-electron chi connectivity index (χ4n) is 0.587. The van der Waals surface area contributed by atoms with Crippen molar-refractivity contribution in [3.8, 4) is 6.07 Å². The highest BCUT2D eigenvalue weighted by molar-refractivity contribution is 5.03. The van der Waals surface area contributed by atoms with Crippen LogP contribution in [0.4, 0.5) is 0 Å². The number of aromatic amines is 1. The predicted molar refractivity (Wildman–Crippen MR) is 34.2 cm³/mol. The molecule has 0 aromatic carbocycles. The number of nitriles is 1. The Hall–Kier alpha value is -1.63. The number of nitrogens with one attached hydrogen (secondary N) is 1. The minimum absolute atomic E-state index is 0.184. The van der Waals surface area contributed by atoms with E-state index in [2.05, 4.69) is 9.97 Å². The molecular formula is C6H5N3O. The minimum atomic E-state index is -0.222. The van der Waals surface area contributed by atoms with Gasteiger partial charge in [-0.3, -0.25) is 4.79 Å². The average Bonchev–Trinajstić information content (AvgIpc) is 1.88. The summed E-state index contributed by atoms with van der Waals surface area (Å²) in [6.45, 7) is 0. The summed E-state index contributed by atoms with van der Waals surface area (Å²) in [7, 11) is 0. The highest BCUT2D eigenvalue weighted by Crippen LogP contribution is 1.85. The van der Waals surface area contributed by atoms with Gasteiger partial charge in [-0.1, -0.05) is 0 Å². The molecule has 1 aromatic heterocycles. The Morgan fingerprint density at radius 3 is 3.20 bits per heavy atom. The smallest absolute Gasteiger partial charge is 0.250 e. The van der Waals surface area contributed by atoms with Gasteiger partial charge in [0.2, 0.25) is 0 Å². The molecule has 0 spiro atoms. The van der Waals surface area contributed by atoms with Gasteiger partial charge in [0.15, 0.2) is 0 Å². The standard InChI is InChI=1S/C6H5N3O/c7-2-1-5-3-6(10)9-4-8-5/h3-4H,1H2,(H,8,9,10). The molecule has 0 bridgehead atoms. The van der Waals surface area contributed by atoms with Crippen molar-refractivity contribution in [1.82, 2.24) is 9.97 Å². The van der Waals surface area contributed by atoms with Crippen molar-refractivity contribution in [1.29, 1.82) is 5.26 Å². The van der Waals surface area contributed by atoms with Crippen LogP contribution >= 0.6 is 0 Å². The third-order valence-corrected chi connectivity index (χ3v) is 0.995. The van der Waals surface area contributed by atoms with E-state index in [1.54, 1.807) is 0 Å². The first-order chi connectivity index (χ1) is 4.83. The van der Waals surface area contributed by atoms with E-state index < -0.39 is 0 Å². The van der Waals surface area contributed by atoms with Gasteiger partial charge in [0.05, 0.1) is 24.5 Å². The third kappa shape index (κ3) is 1.42. The van der Waals surface area contributed by atoms with E-state index in [1.807, 2.05) is 6.07 Å². The van der Waals surface area contributed by atoms with E-state index in [1.165, 1.54) is 12.4 Å². The largest absolute Gasteiger partial charge is 0.313 e. The molecule has 0 fully saturated rings. The molecule has 50 valence electrons. The summed E-state index contributed by atoms with van der Waals surface area (Å²) < 4.78 is 0. The van der Waals surface area contributed by atoms with Crippen LogP contribution in [0.5, 0.6) is 0 Å². The first-order valence-corrected chi connectivity index (χ1v) is 2.73. The topological polar surface area (TPSA) is 69.5 Å². The number of hydrogen-bond acceptors (Lipinski definition) is 3. The molecule has 0 aliphatic carbocycles. The van der Waals surface area contributed by atoms with Crippen LogP contribution in [0, 0.1) is 11.3 Å². The molecule has 0 unspecified atom stereocenters. The van der Waals surface area contributed by atoms with Gasteiger partial charge >= 0.3 is 0 Å². The second kappa shape index (κ2) is 2.78. The Labute approximate surface area is 57.2 Å². The molecule has 1 aromatic rings. The zero-order valence-electron chi connectivity index (χ0n) is 5.16. The summed E-state index contributed by atoms with van der Waals surface area (Å²) in [6.07, 6.45) is 1.47. The van der Waals surface area contributed by atoms with Gasteiger partial charge in [-0.25, -0.2) is 4.98 Å². The molecule has 0 saturated carbocycles. The fourth-order valence-corrected chi connectivity index (χ4v) is 0.587.